The summed E-state index contributed by atoms with van der Waals surface area (Å²) in [6.07, 6.45) is -0.545. The van der Waals surface area contributed by atoms with Gasteiger partial charge in [-0.25, -0.2) is 14.3 Å². The van der Waals surface area contributed by atoms with Crippen LogP contribution in [0.15, 0.2) is 51.9 Å². The molecule has 3 atom stereocenters. The van der Waals surface area contributed by atoms with Crippen LogP contribution in [0, 0.1) is 0 Å². The number of ether oxygens (including phenoxy) is 1. The van der Waals surface area contributed by atoms with E-state index < -0.39 is 47.0 Å². The number of nitrogen functional groups attached to an aromatic ring is 1. The van der Waals surface area contributed by atoms with E-state index in [0.29, 0.717) is 30.2 Å². The highest BCUT2D eigenvalue weighted by atomic mass is 32.2. The number of carboxylic acid groups (broad SMARTS) is 1. The van der Waals surface area contributed by atoms with Crippen LogP contribution in [-0.4, -0.2) is 105 Å². The summed E-state index contributed by atoms with van der Waals surface area (Å²) in [5, 5.41) is 27.8. The Morgan fingerprint density at radius 2 is 2.06 bits per heavy atom. The summed E-state index contributed by atoms with van der Waals surface area (Å²) in [7, 11) is 0. The van der Waals surface area contributed by atoms with E-state index in [0.717, 1.165) is 22.0 Å². The highest BCUT2D eigenvalue weighted by Gasteiger charge is 2.54. The fourth-order valence-corrected chi connectivity index (χ4v) is 7.20. The van der Waals surface area contributed by atoms with Gasteiger partial charge in [-0.1, -0.05) is 47.2 Å². The van der Waals surface area contributed by atoms with Crippen LogP contribution in [-0.2, 0) is 41.9 Å². The monoisotopic (exact) mass is 703 g/mol. The van der Waals surface area contributed by atoms with Gasteiger partial charge in [-0.05, 0) is 41.5 Å². The number of aromatic nitrogens is 6. The average molecular weight is 704 g/mol. The first kappa shape index (κ1) is 33.8. The molecule has 0 aliphatic carbocycles. The van der Waals surface area contributed by atoms with E-state index in [1.54, 1.807) is 28.9 Å². The van der Waals surface area contributed by atoms with Crippen LogP contribution >= 0.6 is 35.1 Å². The van der Waals surface area contributed by atoms with Crippen molar-refractivity contribution in [2.45, 2.75) is 49.2 Å². The van der Waals surface area contributed by atoms with Gasteiger partial charge in [0.1, 0.15) is 23.7 Å². The number of thioether (sulfide) groups is 2. The molecule has 2 aromatic heterocycles. The van der Waals surface area contributed by atoms with Crippen molar-refractivity contribution in [2.75, 3.05) is 23.8 Å². The number of hydrogen-bond acceptors (Lipinski definition) is 17. The van der Waals surface area contributed by atoms with Gasteiger partial charge in [-0.3, -0.25) is 14.5 Å². The summed E-state index contributed by atoms with van der Waals surface area (Å²) in [5.41, 5.74) is 11.9. The van der Waals surface area contributed by atoms with Crippen molar-refractivity contribution < 1.29 is 33.9 Å². The number of nitrogens with one attached hydrogen (secondary N) is 1. The predicted octanol–water partition coefficient (Wildman–Crippen LogP) is -0.161. The number of carbonyl (C=O) groups excluding carboxylic acids is 3. The van der Waals surface area contributed by atoms with E-state index in [9.17, 15) is 24.3 Å². The zero-order valence-electron chi connectivity index (χ0n) is 24.7. The molecule has 1 fully saturated rings. The minimum absolute atomic E-state index is 0.00868. The van der Waals surface area contributed by atoms with E-state index in [4.69, 9.17) is 21.0 Å². The number of aryl methyl sites for hydroxylation is 1. The van der Waals surface area contributed by atoms with Gasteiger partial charge in [-0.15, -0.1) is 16.9 Å². The minimum atomic E-state index is -1.28. The number of oxime groups is 1. The van der Waals surface area contributed by atoms with Crippen LogP contribution in [0.2, 0.25) is 0 Å². The number of nitrogens with zero attached hydrogens (tertiary/aromatic N) is 8. The zero-order chi connectivity index (χ0) is 33.5. The van der Waals surface area contributed by atoms with Gasteiger partial charge in [0, 0.05) is 29.6 Å². The van der Waals surface area contributed by atoms with Gasteiger partial charge in [0.2, 0.25) is 22.8 Å². The number of benzene rings is 1. The number of amides is 2. The molecular formula is C26H29N11O7S3. The third kappa shape index (κ3) is 7.86. The highest BCUT2D eigenvalue weighted by Crippen LogP contribution is 2.41. The number of carbonyl (C=O) groups is 4. The summed E-state index contributed by atoms with van der Waals surface area (Å²) in [6, 6.07) is 7.93. The van der Waals surface area contributed by atoms with Crippen molar-refractivity contribution in [3.63, 3.8) is 0 Å². The number of β-lactam (4-membered cyclic amide) rings is 1. The Morgan fingerprint density at radius 3 is 2.77 bits per heavy atom. The number of esters is 1. The van der Waals surface area contributed by atoms with Gasteiger partial charge in [-0.2, -0.15) is 9.36 Å². The Balaban J connectivity index is 1.25. The molecule has 18 nitrogen and oxygen atoms in total. The number of anilines is 1. The molecule has 248 valence electrons. The van der Waals surface area contributed by atoms with Crippen molar-refractivity contribution in [3.8, 4) is 0 Å². The minimum Gasteiger partial charge on any atom is -0.477 e. The fraction of sp³-hybridized carbons (Fsp3) is 0.385. The predicted molar refractivity (Wildman–Crippen MR) is 170 cm³/mol. The summed E-state index contributed by atoms with van der Waals surface area (Å²) in [6.45, 7) is 2.37. The van der Waals surface area contributed by atoms with Gasteiger partial charge in [0.05, 0.1) is 0 Å². The molecule has 1 saturated heterocycles. The normalized spacial score (nSPS) is 18.3. The molecule has 2 aliphatic rings. The Hall–Kier alpha value is -4.60. The van der Waals surface area contributed by atoms with Crippen LogP contribution in [0.3, 0.4) is 0 Å². The maximum atomic E-state index is 13.4. The SMILES string of the molecule is CC(ON=C(C(=O)NC1C(=O)N2C(C(=O)O)=C(CSc3nnnn3CCCN)CS[C@H]12)c1nsc(N)n1)C(=O)OCc1ccccc1. The quantitative estimate of drug-likeness (QED) is 0.0527. The Morgan fingerprint density at radius 1 is 1.28 bits per heavy atom. The molecule has 0 bridgehead atoms. The van der Waals surface area contributed by atoms with Crippen LogP contribution < -0.4 is 16.8 Å². The smallest absolute Gasteiger partial charge is 0.352 e. The molecule has 47 heavy (non-hydrogen) atoms. The van der Waals surface area contributed by atoms with Crippen molar-refractivity contribution in [2.24, 2.45) is 10.9 Å². The van der Waals surface area contributed by atoms with Crippen molar-refractivity contribution in [1.82, 2.24) is 39.8 Å². The van der Waals surface area contributed by atoms with Crippen LogP contribution in [0.4, 0.5) is 5.13 Å². The Labute approximate surface area is 279 Å². The van der Waals surface area contributed by atoms with E-state index in [1.165, 1.54) is 30.4 Å². The molecule has 5 rings (SSSR count). The zero-order valence-corrected chi connectivity index (χ0v) is 27.2. The van der Waals surface area contributed by atoms with E-state index in [1.807, 2.05) is 6.07 Å². The van der Waals surface area contributed by atoms with E-state index in [2.05, 4.69) is 35.4 Å². The van der Waals surface area contributed by atoms with Crippen LogP contribution in [0.5, 0.6) is 0 Å². The summed E-state index contributed by atoms with van der Waals surface area (Å²) in [5.74, 6) is -3.23. The lowest BCUT2D eigenvalue weighted by atomic mass is 10.0. The van der Waals surface area contributed by atoms with Gasteiger partial charge in [0.25, 0.3) is 11.8 Å². The van der Waals surface area contributed by atoms with Crippen LogP contribution in [0.25, 0.3) is 0 Å². The molecular weight excluding hydrogens is 675 g/mol. The molecule has 2 unspecified atom stereocenters. The Bertz CT molecular complexity index is 1700. The lowest BCUT2D eigenvalue weighted by Gasteiger charge is -2.49. The van der Waals surface area contributed by atoms with E-state index in [-0.39, 0.29) is 34.8 Å². The maximum Gasteiger partial charge on any atom is 0.352 e. The number of aliphatic carboxylic acids is 1. The third-order valence-corrected chi connectivity index (χ3v) is 9.64. The number of tetrazole rings is 1. The number of rotatable bonds is 15. The number of hydrogen-bond donors (Lipinski definition) is 4. The largest absolute Gasteiger partial charge is 0.477 e. The van der Waals surface area contributed by atoms with Gasteiger partial charge < -0.3 is 31.5 Å². The molecule has 0 saturated carbocycles. The maximum absolute atomic E-state index is 13.4. The Kier molecular flexibility index (Phi) is 11.0. The molecule has 2 amide bonds. The standard InChI is InChI=1S/C26H29N11O7S3/c1-13(24(42)43-10-14-6-3-2-4-7-14)44-32-16(19-30-25(28)47-33-19)20(38)29-17-21(39)37-18(23(40)41)15(11-45-22(17)37)12-46-26-31-34-35-36(26)9-5-8-27/h2-4,6-7,13,17,22H,5,8-12,27H2,1H3,(H,29,38)(H,40,41)(H2,28,30,33)/t13?,17?,22-/m1/s1. The molecule has 6 N–H and O–H groups in total. The summed E-state index contributed by atoms with van der Waals surface area (Å²) >= 11 is 3.34. The molecule has 0 spiro atoms. The molecule has 4 heterocycles. The highest BCUT2D eigenvalue weighted by molar-refractivity contribution is 8.01. The number of nitrogens with two attached hydrogens (primary N) is 2. The van der Waals surface area contributed by atoms with Crippen molar-refractivity contribution in [1.29, 1.82) is 0 Å². The first-order valence-corrected chi connectivity index (χ1v) is 16.8. The molecule has 3 aromatic rings. The lowest BCUT2D eigenvalue weighted by Crippen LogP contribution is -2.71. The molecule has 1 aromatic carbocycles. The first-order chi connectivity index (χ1) is 22.7. The van der Waals surface area contributed by atoms with Gasteiger partial charge in [0.15, 0.2) is 5.13 Å². The fourth-order valence-electron chi connectivity index (χ4n) is 4.37. The third-order valence-electron chi connectivity index (χ3n) is 6.71. The second-order valence-corrected chi connectivity index (χ2v) is 12.8. The topological polar surface area (TPSA) is 256 Å². The second-order valence-electron chi connectivity index (χ2n) is 9.97. The van der Waals surface area contributed by atoms with Gasteiger partial charge >= 0.3 is 11.9 Å². The molecule has 0 radical (unpaired) electrons. The first-order valence-electron chi connectivity index (χ1n) is 14.0. The van der Waals surface area contributed by atoms with E-state index >= 15 is 0 Å². The number of carboxylic acids is 1. The average Bonchev–Trinajstić information content (AvgIpc) is 3.72. The lowest BCUT2D eigenvalue weighted by molar-refractivity contribution is -0.157. The molecule has 2 aliphatic heterocycles. The van der Waals surface area contributed by atoms with Crippen LogP contribution in [0.1, 0.15) is 24.7 Å². The summed E-state index contributed by atoms with van der Waals surface area (Å²) in [4.78, 5) is 61.8. The van der Waals surface area contributed by atoms with Crippen molar-refractivity contribution >= 4 is 69.7 Å². The molecule has 21 heteroatoms. The summed E-state index contributed by atoms with van der Waals surface area (Å²) < 4.78 is 10.8. The second kappa shape index (κ2) is 15.3. The van der Waals surface area contributed by atoms with Crippen molar-refractivity contribution in [3.05, 3.63) is 53.0 Å². The number of fused-ring (bicyclic) bond motifs is 1.